The van der Waals surface area contributed by atoms with Crippen LogP contribution in [0.25, 0.3) is 11.0 Å². The lowest BCUT2D eigenvalue weighted by molar-refractivity contribution is 0.188. The van der Waals surface area contributed by atoms with E-state index in [0.717, 1.165) is 40.6 Å². The van der Waals surface area contributed by atoms with Crippen molar-refractivity contribution in [3.8, 4) is 5.75 Å². The third kappa shape index (κ3) is 4.00. The van der Waals surface area contributed by atoms with Crippen LogP contribution >= 0.6 is 15.9 Å². The number of carbonyl (C=O) groups is 1. The molecule has 1 fully saturated rings. The zero-order valence-corrected chi connectivity index (χ0v) is 17.8. The molecule has 30 heavy (non-hydrogen) atoms. The number of benzene rings is 1. The Morgan fingerprint density at radius 1 is 1.47 bits per heavy atom. The lowest BCUT2D eigenvalue weighted by Crippen LogP contribution is -2.47. The molecule has 4 N–H and O–H groups in total. The van der Waals surface area contributed by atoms with Gasteiger partial charge in [-0.25, -0.2) is 14.2 Å². The van der Waals surface area contributed by atoms with Gasteiger partial charge in [-0.05, 0) is 40.9 Å². The number of hydrogen-bond donors (Lipinski definition) is 4. The first kappa shape index (κ1) is 20.3. The Labute approximate surface area is 180 Å². The Morgan fingerprint density at radius 3 is 3.03 bits per heavy atom. The van der Waals surface area contributed by atoms with Crippen LogP contribution in [0.1, 0.15) is 12.8 Å². The number of aromatic nitrogens is 2. The number of carboxylic acid groups (broad SMARTS) is 1. The molecule has 0 spiro atoms. The first-order chi connectivity index (χ1) is 14.5. The van der Waals surface area contributed by atoms with E-state index in [0.29, 0.717) is 17.9 Å². The number of fused-ring (bicyclic) bond motifs is 1. The van der Waals surface area contributed by atoms with Crippen LogP contribution in [0.2, 0.25) is 0 Å². The van der Waals surface area contributed by atoms with Crippen molar-refractivity contribution in [2.45, 2.75) is 18.9 Å². The summed E-state index contributed by atoms with van der Waals surface area (Å²) in [5.41, 5.74) is 2.91. The average molecular weight is 478 g/mol. The monoisotopic (exact) mass is 477 g/mol. The number of H-pyrrole nitrogens is 1. The van der Waals surface area contributed by atoms with Gasteiger partial charge in [0.25, 0.3) is 0 Å². The summed E-state index contributed by atoms with van der Waals surface area (Å²) in [6.07, 6.45) is 4.13. The maximum Gasteiger partial charge on any atom is 0.404 e. The van der Waals surface area contributed by atoms with Crippen molar-refractivity contribution in [3.05, 3.63) is 40.9 Å². The molecule has 1 aliphatic rings. The molecule has 0 bridgehead atoms. The lowest BCUT2D eigenvalue weighted by atomic mass is 10.0. The van der Waals surface area contributed by atoms with Gasteiger partial charge in [0.15, 0.2) is 11.6 Å². The number of pyridine rings is 1. The zero-order chi connectivity index (χ0) is 21.3. The molecule has 10 heteroatoms. The molecular formula is C20H21BrFN5O3. The second kappa shape index (κ2) is 8.39. The number of halogens is 2. The molecule has 1 atom stereocenters. The summed E-state index contributed by atoms with van der Waals surface area (Å²) in [6, 6.07) is 4.52. The normalized spacial score (nSPS) is 16.5. The van der Waals surface area contributed by atoms with Crippen molar-refractivity contribution >= 4 is 50.1 Å². The minimum atomic E-state index is -1.02. The predicted octanol–water partition coefficient (Wildman–Crippen LogP) is 4.45. The summed E-state index contributed by atoms with van der Waals surface area (Å²) in [5.74, 6) is -0.282. The second-order valence-electron chi connectivity index (χ2n) is 7.09. The highest BCUT2D eigenvalue weighted by atomic mass is 79.9. The molecule has 0 saturated carbocycles. The van der Waals surface area contributed by atoms with Crippen LogP contribution in [-0.4, -0.2) is 47.4 Å². The third-order valence-corrected chi connectivity index (χ3v) is 5.71. The molecule has 0 radical (unpaired) electrons. The summed E-state index contributed by atoms with van der Waals surface area (Å²) in [5, 5.41) is 15.8. The largest absolute Gasteiger partial charge is 0.494 e. The Balaban J connectivity index is 1.70. The van der Waals surface area contributed by atoms with Gasteiger partial charge < -0.3 is 30.4 Å². The van der Waals surface area contributed by atoms with Crippen molar-refractivity contribution in [3.63, 3.8) is 0 Å². The van der Waals surface area contributed by atoms with Gasteiger partial charge in [0, 0.05) is 43.3 Å². The van der Waals surface area contributed by atoms with Gasteiger partial charge >= 0.3 is 6.09 Å². The molecule has 8 nitrogen and oxygen atoms in total. The number of anilines is 3. The summed E-state index contributed by atoms with van der Waals surface area (Å²) >= 11 is 3.60. The van der Waals surface area contributed by atoms with E-state index in [9.17, 15) is 9.18 Å². The highest BCUT2D eigenvalue weighted by molar-refractivity contribution is 9.10. The van der Waals surface area contributed by atoms with Crippen LogP contribution in [0.15, 0.2) is 35.1 Å². The number of ether oxygens (including phenoxy) is 1. The van der Waals surface area contributed by atoms with E-state index in [-0.39, 0.29) is 11.8 Å². The Kier molecular flexibility index (Phi) is 5.67. The van der Waals surface area contributed by atoms with Crippen LogP contribution in [0.4, 0.5) is 26.2 Å². The average Bonchev–Trinajstić information content (AvgIpc) is 3.10. The molecule has 2 aromatic heterocycles. The zero-order valence-electron chi connectivity index (χ0n) is 16.2. The maximum absolute atomic E-state index is 14.1. The first-order valence-corrected chi connectivity index (χ1v) is 10.3. The first-order valence-electron chi connectivity index (χ1n) is 9.47. The smallest absolute Gasteiger partial charge is 0.404 e. The number of piperidine rings is 1. The van der Waals surface area contributed by atoms with Crippen LogP contribution in [-0.2, 0) is 0 Å². The molecule has 4 rings (SSSR count). The highest BCUT2D eigenvalue weighted by Crippen LogP contribution is 2.40. The van der Waals surface area contributed by atoms with E-state index in [1.807, 2.05) is 0 Å². The quantitative estimate of drug-likeness (QED) is 0.432. The summed E-state index contributed by atoms with van der Waals surface area (Å²) in [4.78, 5) is 20.8. The molecular weight excluding hydrogens is 457 g/mol. The summed E-state index contributed by atoms with van der Waals surface area (Å²) < 4.78 is 19.9. The van der Waals surface area contributed by atoms with Gasteiger partial charge in [-0.1, -0.05) is 0 Å². The van der Waals surface area contributed by atoms with Gasteiger partial charge in [0.2, 0.25) is 0 Å². The molecule has 0 aliphatic carbocycles. The van der Waals surface area contributed by atoms with Crippen LogP contribution in [0.3, 0.4) is 0 Å². The third-order valence-electron chi connectivity index (χ3n) is 5.13. The van der Waals surface area contributed by atoms with Crippen molar-refractivity contribution in [2.75, 3.05) is 30.4 Å². The van der Waals surface area contributed by atoms with Crippen LogP contribution < -0.4 is 20.3 Å². The molecule has 1 aromatic carbocycles. The number of aromatic amines is 1. The van der Waals surface area contributed by atoms with Crippen molar-refractivity contribution in [2.24, 2.45) is 0 Å². The van der Waals surface area contributed by atoms with Crippen LogP contribution in [0.5, 0.6) is 5.75 Å². The molecule has 158 valence electrons. The SMILES string of the molecule is COc1ccc(Nc2c[nH]c3ncc(Br)c(N4CCCC(NC(=O)O)C4)c23)cc1F. The van der Waals surface area contributed by atoms with Crippen LogP contribution in [0, 0.1) is 5.82 Å². The molecule has 1 aliphatic heterocycles. The number of nitrogens with one attached hydrogen (secondary N) is 3. The molecule has 1 unspecified atom stereocenters. The van der Waals surface area contributed by atoms with Gasteiger partial charge in [-0.15, -0.1) is 0 Å². The van der Waals surface area contributed by atoms with E-state index in [4.69, 9.17) is 9.84 Å². The van der Waals surface area contributed by atoms with E-state index < -0.39 is 11.9 Å². The fourth-order valence-corrected chi connectivity index (χ4v) is 4.39. The Bertz CT molecular complexity index is 1090. The van der Waals surface area contributed by atoms with Gasteiger partial charge in [0.1, 0.15) is 5.65 Å². The molecule has 1 saturated heterocycles. The topological polar surface area (TPSA) is 103 Å². The minimum Gasteiger partial charge on any atom is -0.494 e. The minimum absolute atomic E-state index is 0.155. The number of hydrogen-bond acceptors (Lipinski definition) is 5. The number of methoxy groups -OCH3 is 1. The van der Waals surface area contributed by atoms with E-state index >= 15 is 0 Å². The maximum atomic E-state index is 14.1. The van der Waals surface area contributed by atoms with Gasteiger partial charge in [0.05, 0.1) is 28.3 Å². The summed E-state index contributed by atoms with van der Waals surface area (Å²) in [6.45, 7) is 1.34. The number of amides is 1. The van der Waals surface area contributed by atoms with Gasteiger partial charge in [-0.2, -0.15) is 0 Å². The fraction of sp³-hybridized carbons (Fsp3) is 0.300. The standard InChI is InChI=1S/C20H21BrFN5O3/c1-30-16-5-4-11(7-14(16)22)25-15-9-24-19-17(15)18(13(21)8-23-19)27-6-2-3-12(10-27)26-20(28)29/h4-5,7-9,12,25-26H,2-3,6,10H2,1H3,(H,23,24)(H,28,29). The second-order valence-corrected chi connectivity index (χ2v) is 7.94. The van der Waals surface area contributed by atoms with Gasteiger partial charge in [-0.3, -0.25) is 0 Å². The van der Waals surface area contributed by atoms with Crippen molar-refractivity contribution in [1.29, 1.82) is 0 Å². The van der Waals surface area contributed by atoms with E-state index in [2.05, 4.69) is 41.4 Å². The fourth-order valence-electron chi connectivity index (χ4n) is 3.84. The highest BCUT2D eigenvalue weighted by Gasteiger charge is 2.26. The molecule has 3 aromatic rings. The lowest BCUT2D eigenvalue weighted by Gasteiger charge is -2.35. The molecule has 1 amide bonds. The number of rotatable bonds is 5. The van der Waals surface area contributed by atoms with E-state index in [1.165, 1.54) is 13.2 Å². The Hall–Kier alpha value is -3.01. The predicted molar refractivity (Wildman–Crippen MR) is 116 cm³/mol. The Morgan fingerprint density at radius 2 is 2.30 bits per heavy atom. The summed E-state index contributed by atoms with van der Waals surface area (Å²) in [7, 11) is 1.42. The number of nitrogens with zero attached hydrogens (tertiary/aromatic N) is 2. The van der Waals surface area contributed by atoms with Crippen molar-refractivity contribution < 1.29 is 19.0 Å². The van der Waals surface area contributed by atoms with E-state index in [1.54, 1.807) is 24.5 Å². The van der Waals surface area contributed by atoms with Crippen molar-refractivity contribution in [1.82, 2.24) is 15.3 Å². The molecule has 3 heterocycles.